The Hall–Kier alpha value is -2.40. The quantitative estimate of drug-likeness (QED) is 0.746. The highest BCUT2D eigenvalue weighted by Gasteiger charge is 2.18. The molecule has 27 heavy (non-hydrogen) atoms. The summed E-state index contributed by atoms with van der Waals surface area (Å²) in [5.74, 6) is -0.603. The van der Waals surface area contributed by atoms with Crippen LogP contribution >= 0.6 is 11.6 Å². The van der Waals surface area contributed by atoms with E-state index in [1.54, 1.807) is 30.3 Å². The summed E-state index contributed by atoms with van der Waals surface area (Å²) in [5, 5.41) is 6.40. The van der Waals surface area contributed by atoms with Crippen LogP contribution in [0.5, 0.6) is 0 Å². The minimum atomic E-state index is -0.376. The smallest absolute Gasteiger partial charge is 0.274 e. The third-order valence-electron chi connectivity index (χ3n) is 4.83. The lowest BCUT2D eigenvalue weighted by Gasteiger charge is -2.16. The maximum atomic E-state index is 12.5. The number of anilines is 1. The highest BCUT2D eigenvalue weighted by Crippen LogP contribution is 2.20. The van der Waals surface area contributed by atoms with Crippen molar-refractivity contribution in [3.05, 3.63) is 58.4 Å². The second-order valence-electron chi connectivity index (χ2n) is 6.99. The van der Waals surface area contributed by atoms with Crippen molar-refractivity contribution in [2.45, 2.75) is 51.5 Å². The molecule has 1 fully saturated rings. The number of nitrogens with one attached hydrogen (secondary N) is 2. The molecule has 2 N–H and O–H groups in total. The summed E-state index contributed by atoms with van der Waals surface area (Å²) in [4.78, 5) is 29.2. The first-order valence-electron chi connectivity index (χ1n) is 9.38. The van der Waals surface area contributed by atoms with Gasteiger partial charge in [-0.1, -0.05) is 49.4 Å². The molecule has 0 bridgehead atoms. The van der Waals surface area contributed by atoms with Crippen molar-refractivity contribution in [3.8, 4) is 0 Å². The Morgan fingerprint density at radius 3 is 2.33 bits per heavy atom. The fourth-order valence-corrected chi connectivity index (χ4v) is 3.42. The summed E-state index contributed by atoms with van der Waals surface area (Å²) in [6.07, 6.45) is 6.73. The van der Waals surface area contributed by atoms with Crippen LogP contribution in [0.4, 0.5) is 5.69 Å². The highest BCUT2D eigenvalue weighted by molar-refractivity contribution is 6.31. The van der Waals surface area contributed by atoms with Gasteiger partial charge in [-0.05, 0) is 49.6 Å². The Bertz CT molecular complexity index is 830. The van der Waals surface area contributed by atoms with Gasteiger partial charge in [-0.15, -0.1) is 0 Å². The molecule has 0 spiro atoms. The predicted octanol–water partition coefficient (Wildman–Crippen LogP) is 4.75. The zero-order chi connectivity index (χ0) is 19.2. The topological polar surface area (TPSA) is 71.1 Å². The molecule has 1 aromatic heterocycles. The van der Waals surface area contributed by atoms with E-state index < -0.39 is 0 Å². The molecule has 2 amide bonds. The fraction of sp³-hybridized carbons (Fsp3) is 0.381. The molecule has 0 saturated heterocycles. The number of carbonyl (C=O) groups is 2. The molecule has 1 aliphatic carbocycles. The number of rotatable bonds is 4. The molecule has 5 nitrogen and oxygen atoms in total. The monoisotopic (exact) mass is 385 g/mol. The first-order valence-corrected chi connectivity index (χ1v) is 9.76. The van der Waals surface area contributed by atoms with E-state index >= 15 is 0 Å². The predicted molar refractivity (Wildman–Crippen MR) is 107 cm³/mol. The number of carbonyl (C=O) groups excluding carboxylic acids is 2. The average Bonchev–Trinajstić information content (AvgIpc) is 2.93. The van der Waals surface area contributed by atoms with Gasteiger partial charge >= 0.3 is 0 Å². The average molecular weight is 386 g/mol. The van der Waals surface area contributed by atoms with Crippen LogP contribution < -0.4 is 10.6 Å². The van der Waals surface area contributed by atoms with Crippen LogP contribution in [0.3, 0.4) is 0 Å². The van der Waals surface area contributed by atoms with Gasteiger partial charge in [-0.2, -0.15) is 0 Å². The zero-order valence-corrected chi connectivity index (χ0v) is 16.2. The van der Waals surface area contributed by atoms with Gasteiger partial charge in [-0.25, -0.2) is 4.98 Å². The van der Waals surface area contributed by atoms with Crippen molar-refractivity contribution in [2.24, 2.45) is 0 Å². The van der Waals surface area contributed by atoms with E-state index in [0.717, 1.165) is 31.2 Å². The Balaban J connectivity index is 1.67. The molecule has 1 saturated carbocycles. The molecule has 0 radical (unpaired) electrons. The number of aromatic nitrogens is 1. The second-order valence-corrected chi connectivity index (χ2v) is 7.40. The second kappa shape index (κ2) is 9.00. The van der Waals surface area contributed by atoms with E-state index in [9.17, 15) is 9.59 Å². The summed E-state index contributed by atoms with van der Waals surface area (Å²) in [7, 11) is 0. The first-order chi connectivity index (χ1) is 13.0. The number of pyridine rings is 1. The van der Waals surface area contributed by atoms with Gasteiger partial charge in [0.15, 0.2) is 0 Å². The summed E-state index contributed by atoms with van der Waals surface area (Å²) < 4.78 is 0. The normalized spacial score (nSPS) is 15.0. The molecule has 1 heterocycles. The van der Waals surface area contributed by atoms with Crippen molar-refractivity contribution < 1.29 is 9.59 Å². The van der Waals surface area contributed by atoms with Gasteiger partial charge in [0.25, 0.3) is 11.8 Å². The molecule has 2 aromatic rings. The van der Waals surface area contributed by atoms with Crippen LogP contribution in [0, 0.1) is 6.92 Å². The van der Waals surface area contributed by atoms with Crippen molar-refractivity contribution in [2.75, 3.05) is 5.32 Å². The first kappa shape index (κ1) is 19.4. The van der Waals surface area contributed by atoms with Crippen molar-refractivity contribution >= 4 is 29.1 Å². The summed E-state index contributed by atoms with van der Waals surface area (Å²) in [6, 6.07) is 10.4. The van der Waals surface area contributed by atoms with E-state index in [4.69, 9.17) is 11.6 Å². The minimum Gasteiger partial charge on any atom is -0.348 e. The molecule has 142 valence electrons. The lowest BCUT2D eigenvalue weighted by Crippen LogP contribution is -2.35. The van der Waals surface area contributed by atoms with Crippen LogP contribution in [0.2, 0.25) is 5.02 Å². The molecular weight excluding hydrogens is 362 g/mol. The third kappa shape index (κ3) is 5.30. The van der Waals surface area contributed by atoms with Gasteiger partial charge in [-0.3, -0.25) is 9.59 Å². The number of benzene rings is 1. The molecular formula is C21H24ClN3O2. The Morgan fingerprint density at radius 2 is 1.67 bits per heavy atom. The molecule has 0 atom stereocenters. The minimum absolute atomic E-state index is 0.189. The molecule has 6 heteroatoms. The number of aryl methyl sites for hydroxylation is 1. The van der Waals surface area contributed by atoms with Crippen LogP contribution in [-0.4, -0.2) is 22.8 Å². The van der Waals surface area contributed by atoms with Gasteiger partial charge in [0, 0.05) is 16.8 Å². The van der Waals surface area contributed by atoms with E-state index in [-0.39, 0.29) is 29.2 Å². The fourth-order valence-electron chi connectivity index (χ4n) is 3.24. The van der Waals surface area contributed by atoms with Gasteiger partial charge in [0.05, 0.1) is 0 Å². The number of hydrogen-bond donors (Lipinski definition) is 2. The third-order valence-corrected chi connectivity index (χ3v) is 5.24. The SMILES string of the molecule is Cc1ccc(NC(=O)c2cccc(C(=O)NC3CCCCCC3)n2)cc1Cl. The van der Waals surface area contributed by atoms with Crippen molar-refractivity contribution in [1.29, 1.82) is 0 Å². The van der Waals surface area contributed by atoms with E-state index in [0.29, 0.717) is 10.7 Å². The maximum absolute atomic E-state index is 12.5. The number of nitrogens with zero attached hydrogens (tertiary/aromatic N) is 1. The van der Waals surface area contributed by atoms with Crippen LogP contribution in [-0.2, 0) is 0 Å². The van der Waals surface area contributed by atoms with E-state index in [1.165, 1.54) is 12.8 Å². The summed E-state index contributed by atoms with van der Waals surface area (Å²) in [5.41, 5.74) is 1.98. The zero-order valence-electron chi connectivity index (χ0n) is 15.4. The molecule has 3 rings (SSSR count). The summed E-state index contributed by atoms with van der Waals surface area (Å²) in [6.45, 7) is 1.89. The van der Waals surface area contributed by atoms with E-state index in [2.05, 4.69) is 15.6 Å². The molecule has 0 unspecified atom stereocenters. The standard InChI is InChI=1S/C21H24ClN3O2/c1-14-11-12-16(13-17(14)22)24-21(27)19-10-6-9-18(25-19)20(26)23-15-7-4-2-3-5-8-15/h6,9-13,15H,2-5,7-8H2,1H3,(H,23,26)(H,24,27). The Labute approximate surface area is 164 Å². The Morgan fingerprint density at radius 1 is 1.00 bits per heavy atom. The largest absolute Gasteiger partial charge is 0.348 e. The highest BCUT2D eigenvalue weighted by atomic mass is 35.5. The van der Waals surface area contributed by atoms with Crippen LogP contribution in [0.15, 0.2) is 36.4 Å². The molecule has 1 aromatic carbocycles. The number of halogens is 1. The van der Waals surface area contributed by atoms with Crippen molar-refractivity contribution in [3.63, 3.8) is 0 Å². The van der Waals surface area contributed by atoms with Gasteiger partial charge in [0.2, 0.25) is 0 Å². The maximum Gasteiger partial charge on any atom is 0.274 e. The molecule has 1 aliphatic rings. The van der Waals surface area contributed by atoms with Gasteiger partial charge in [0.1, 0.15) is 11.4 Å². The molecule has 0 aliphatic heterocycles. The number of hydrogen-bond acceptors (Lipinski definition) is 3. The van der Waals surface area contributed by atoms with E-state index in [1.807, 2.05) is 13.0 Å². The lowest BCUT2D eigenvalue weighted by atomic mass is 10.1. The lowest BCUT2D eigenvalue weighted by molar-refractivity contribution is 0.0928. The van der Waals surface area contributed by atoms with Crippen LogP contribution in [0.1, 0.15) is 65.1 Å². The van der Waals surface area contributed by atoms with Gasteiger partial charge < -0.3 is 10.6 Å². The van der Waals surface area contributed by atoms with Crippen LogP contribution in [0.25, 0.3) is 0 Å². The summed E-state index contributed by atoms with van der Waals surface area (Å²) >= 11 is 6.09. The Kier molecular flexibility index (Phi) is 6.45. The van der Waals surface area contributed by atoms with Crippen molar-refractivity contribution in [1.82, 2.24) is 10.3 Å². The number of amides is 2.